The molecule has 92 valence electrons. The van der Waals surface area contributed by atoms with E-state index in [1.54, 1.807) is 12.3 Å². The van der Waals surface area contributed by atoms with Gasteiger partial charge in [-0.1, -0.05) is 19.1 Å². The van der Waals surface area contributed by atoms with E-state index in [4.69, 9.17) is 18.0 Å². The van der Waals surface area contributed by atoms with Gasteiger partial charge in [0.1, 0.15) is 10.7 Å². The van der Waals surface area contributed by atoms with Gasteiger partial charge in [0, 0.05) is 19.3 Å². The molecule has 0 bridgehead atoms. The third-order valence-corrected chi connectivity index (χ3v) is 3.25. The van der Waals surface area contributed by atoms with Crippen LogP contribution in [0.2, 0.25) is 0 Å². The normalized spacial score (nSPS) is 24.7. The van der Waals surface area contributed by atoms with Crippen LogP contribution in [0.3, 0.4) is 0 Å². The van der Waals surface area contributed by atoms with Gasteiger partial charge in [-0.2, -0.15) is 0 Å². The molecule has 1 fully saturated rings. The summed E-state index contributed by atoms with van der Waals surface area (Å²) in [6.07, 6.45) is 2.17. The second kappa shape index (κ2) is 4.93. The van der Waals surface area contributed by atoms with Crippen molar-refractivity contribution in [3.63, 3.8) is 0 Å². The lowest BCUT2D eigenvalue weighted by molar-refractivity contribution is 0.0966. The monoisotopic (exact) mass is 252 g/mol. The first-order valence-electron chi connectivity index (χ1n) is 5.64. The molecule has 0 saturated carbocycles. The number of aliphatic hydroxyl groups excluding tert-OH is 1. The van der Waals surface area contributed by atoms with Crippen molar-refractivity contribution in [2.75, 3.05) is 18.0 Å². The Labute approximate surface area is 106 Å². The summed E-state index contributed by atoms with van der Waals surface area (Å²) in [4.78, 5) is 10.9. The summed E-state index contributed by atoms with van der Waals surface area (Å²) in [7, 11) is 0. The van der Waals surface area contributed by atoms with Crippen LogP contribution >= 0.6 is 12.2 Å². The van der Waals surface area contributed by atoms with E-state index in [9.17, 15) is 5.11 Å². The maximum atomic E-state index is 9.68. The van der Waals surface area contributed by atoms with E-state index in [-0.39, 0.29) is 17.0 Å². The number of anilines is 1. The van der Waals surface area contributed by atoms with Crippen LogP contribution < -0.4 is 10.6 Å². The first-order valence-corrected chi connectivity index (χ1v) is 6.04. The molecule has 2 rings (SSSR count). The van der Waals surface area contributed by atoms with Gasteiger partial charge in [-0.25, -0.2) is 9.97 Å². The van der Waals surface area contributed by atoms with Crippen molar-refractivity contribution < 1.29 is 5.11 Å². The summed E-state index contributed by atoms with van der Waals surface area (Å²) in [5.41, 5.74) is 6.13. The van der Waals surface area contributed by atoms with Crippen molar-refractivity contribution in [2.24, 2.45) is 11.7 Å². The number of hydrogen-bond acceptors (Lipinski definition) is 5. The molecule has 0 aromatic carbocycles. The quantitative estimate of drug-likeness (QED) is 0.738. The minimum atomic E-state index is -0.231. The Balaban J connectivity index is 2.17. The second-order valence-corrected chi connectivity index (χ2v) is 4.83. The van der Waals surface area contributed by atoms with Gasteiger partial charge in [0.15, 0.2) is 0 Å². The lowest BCUT2D eigenvalue weighted by atomic mass is 9.97. The fourth-order valence-corrected chi connectivity index (χ4v) is 2.07. The number of aromatic nitrogens is 2. The molecule has 0 radical (unpaired) electrons. The molecule has 1 aromatic rings. The van der Waals surface area contributed by atoms with E-state index in [1.165, 1.54) is 0 Å². The standard InChI is InChI=1S/C11H16N4OS/c1-7-6-15(5-3-9(7)16)11-13-4-2-8(14-11)10(12)17/h2,4,7,9,16H,3,5-6H2,1H3,(H2,12,17). The molecule has 0 aliphatic carbocycles. The van der Waals surface area contributed by atoms with Crippen LogP contribution in [0.5, 0.6) is 0 Å². The van der Waals surface area contributed by atoms with Crippen molar-refractivity contribution in [3.05, 3.63) is 18.0 Å². The highest BCUT2D eigenvalue weighted by Crippen LogP contribution is 2.20. The Morgan fingerprint density at radius 2 is 2.41 bits per heavy atom. The SMILES string of the molecule is CC1CN(c2nccc(C(N)=S)n2)CCC1O. The Hall–Kier alpha value is -1.27. The Kier molecular flexibility index (Phi) is 3.54. The Morgan fingerprint density at radius 3 is 3.06 bits per heavy atom. The van der Waals surface area contributed by atoms with Crippen molar-refractivity contribution in [1.82, 2.24) is 9.97 Å². The molecule has 1 saturated heterocycles. The van der Waals surface area contributed by atoms with Gasteiger partial charge in [-0.05, 0) is 18.4 Å². The molecule has 6 heteroatoms. The van der Waals surface area contributed by atoms with Crippen molar-refractivity contribution in [2.45, 2.75) is 19.4 Å². The van der Waals surface area contributed by atoms with Crippen LogP contribution in [-0.4, -0.2) is 39.3 Å². The average molecular weight is 252 g/mol. The minimum absolute atomic E-state index is 0.223. The lowest BCUT2D eigenvalue weighted by Gasteiger charge is -2.34. The van der Waals surface area contributed by atoms with E-state index in [2.05, 4.69) is 14.9 Å². The van der Waals surface area contributed by atoms with Crippen LogP contribution in [0.4, 0.5) is 5.95 Å². The Bertz CT molecular complexity index is 426. The first-order chi connectivity index (χ1) is 8.08. The zero-order valence-electron chi connectivity index (χ0n) is 9.71. The van der Waals surface area contributed by atoms with Gasteiger partial charge >= 0.3 is 0 Å². The van der Waals surface area contributed by atoms with E-state index in [0.717, 1.165) is 19.5 Å². The molecule has 0 spiro atoms. The number of piperidine rings is 1. The average Bonchev–Trinajstić information content (AvgIpc) is 2.33. The molecule has 3 N–H and O–H groups in total. The van der Waals surface area contributed by atoms with Crippen molar-refractivity contribution >= 4 is 23.2 Å². The minimum Gasteiger partial charge on any atom is -0.393 e. The molecule has 1 aliphatic rings. The van der Waals surface area contributed by atoms with Crippen LogP contribution in [0, 0.1) is 5.92 Å². The largest absolute Gasteiger partial charge is 0.393 e. The third-order valence-electron chi connectivity index (χ3n) is 3.04. The van der Waals surface area contributed by atoms with E-state index in [1.807, 2.05) is 6.92 Å². The maximum absolute atomic E-state index is 9.68. The third kappa shape index (κ3) is 2.70. The van der Waals surface area contributed by atoms with E-state index in [0.29, 0.717) is 11.6 Å². The van der Waals surface area contributed by atoms with Crippen molar-refractivity contribution in [1.29, 1.82) is 0 Å². The number of nitrogens with two attached hydrogens (primary N) is 1. The van der Waals surface area contributed by atoms with Gasteiger partial charge in [-0.15, -0.1) is 0 Å². The van der Waals surface area contributed by atoms with Gasteiger partial charge in [-0.3, -0.25) is 0 Å². The smallest absolute Gasteiger partial charge is 0.225 e. The summed E-state index contributed by atoms with van der Waals surface area (Å²) in [5.74, 6) is 0.856. The van der Waals surface area contributed by atoms with Gasteiger partial charge in [0.2, 0.25) is 5.95 Å². The molecule has 2 unspecified atom stereocenters. The maximum Gasteiger partial charge on any atom is 0.225 e. The number of nitrogens with zero attached hydrogens (tertiary/aromatic N) is 3. The molecule has 1 aromatic heterocycles. The van der Waals surface area contributed by atoms with Crippen molar-refractivity contribution in [3.8, 4) is 0 Å². The molecule has 2 heterocycles. The molecule has 1 aliphatic heterocycles. The predicted octanol–water partition coefficient (Wildman–Crippen LogP) is 0.318. The van der Waals surface area contributed by atoms with Gasteiger partial charge < -0.3 is 15.7 Å². The summed E-state index contributed by atoms with van der Waals surface area (Å²) in [6, 6.07) is 1.70. The fourth-order valence-electron chi connectivity index (χ4n) is 1.95. The Morgan fingerprint density at radius 1 is 1.65 bits per heavy atom. The van der Waals surface area contributed by atoms with Gasteiger partial charge in [0.05, 0.1) is 6.10 Å². The number of rotatable bonds is 2. The lowest BCUT2D eigenvalue weighted by Crippen LogP contribution is -2.42. The zero-order valence-corrected chi connectivity index (χ0v) is 10.5. The highest BCUT2D eigenvalue weighted by molar-refractivity contribution is 7.80. The molecule has 2 atom stereocenters. The predicted molar refractivity (Wildman–Crippen MR) is 69.9 cm³/mol. The molecule has 5 nitrogen and oxygen atoms in total. The molecule has 17 heavy (non-hydrogen) atoms. The molecule has 0 amide bonds. The topological polar surface area (TPSA) is 75.3 Å². The summed E-state index contributed by atoms with van der Waals surface area (Å²) < 4.78 is 0. The van der Waals surface area contributed by atoms with Gasteiger partial charge in [0.25, 0.3) is 0 Å². The van der Waals surface area contributed by atoms with E-state index < -0.39 is 0 Å². The second-order valence-electron chi connectivity index (χ2n) is 4.39. The summed E-state index contributed by atoms with van der Waals surface area (Å²) in [5, 5.41) is 9.68. The van der Waals surface area contributed by atoms with Crippen LogP contribution in [0.1, 0.15) is 19.0 Å². The number of hydrogen-bond donors (Lipinski definition) is 2. The number of aliphatic hydroxyl groups is 1. The van der Waals surface area contributed by atoms with E-state index >= 15 is 0 Å². The van der Waals surface area contributed by atoms with Crippen LogP contribution in [-0.2, 0) is 0 Å². The zero-order chi connectivity index (χ0) is 12.4. The van der Waals surface area contributed by atoms with Crippen LogP contribution in [0.25, 0.3) is 0 Å². The van der Waals surface area contributed by atoms with Crippen LogP contribution in [0.15, 0.2) is 12.3 Å². The highest BCUT2D eigenvalue weighted by atomic mass is 32.1. The first kappa shape index (κ1) is 12.2. The summed E-state index contributed by atoms with van der Waals surface area (Å²) in [6.45, 7) is 3.53. The summed E-state index contributed by atoms with van der Waals surface area (Å²) >= 11 is 4.89. The fraction of sp³-hybridized carbons (Fsp3) is 0.545. The molecular weight excluding hydrogens is 236 g/mol. The number of thiocarbonyl (C=S) groups is 1. The highest BCUT2D eigenvalue weighted by Gasteiger charge is 2.25. The molecular formula is C11H16N4OS.